The van der Waals surface area contributed by atoms with Crippen molar-refractivity contribution < 1.29 is 4.74 Å². The van der Waals surface area contributed by atoms with Crippen LogP contribution in [0.4, 0.5) is 0 Å². The third kappa shape index (κ3) is 5.57. The SMILES string of the molecule is CCCOc1ccc(CN=C(NCC)NCc2ccnn2C)cn1. The van der Waals surface area contributed by atoms with Crippen molar-refractivity contribution in [2.45, 2.75) is 33.4 Å². The maximum absolute atomic E-state index is 5.49. The second-order valence-corrected chi connectivity index (χ2v) is 5.35. The van der Waals surface area contributed by atoms with Crippen LogP contribution in [0.5, 0.6) is 5.88 Å². The molecule has 0 aromatic carbocycles. The highest BCUT2D eigenvalue weighted by molar-refractivity contribution is 5.79. The minimum absolute atomic E-state index is 0.557. The smallest absolute Gasteiger partial charge is 0.213 e. The molecule has 2 rings (SSSR count). The summed E-state index contributed by atoms with van der Waals surface area (Å²) in [5, 5.41) is 10.7. The zero-order valence-corrected chi connectivity index (χ0v) is 14.6. The lowest BCUT2D eigenvalue weighted by Crippen LogP contribution is -2.37. The average molecular weight is 330 g/mol. The summed E-state index contributed by atoms with van der Waals surface area (Å²) in [4.78, 5) is 8.88. The van der Waals surface area contributed by atoms with Gasteiger partial charge in [-0.15, -0.1) is 0 Å². The lowest BCUT2D eigenvalue weighted by Gasteiger charge is -2.11. The molecule has 24 heavy (non-hydrogen) atoms. The highest BCUT2D eigenvalue weighted by Gasteiger charge is 2.02. The van der Waals surface area contributed by atoms with E-state index in [1.807, 2.05) is 36.9 Å². The standard InChI is InChI=1S/C17H26N6O/c1-4-10-24-16-7-6-14(11-19-16)12-20-17(18-5-2)21-13-15-8-9-22-23(15)3/h6-9,11H,4-5,10,12-13H2,1-3H3,(H2,18,20,21). The third-order valence-electron chi connectivity index (χ3n) is 3.38. The van der Waals surface area contributed by atoms with Gasteiger partial charge >= 0.3 is 0 Å². The van der Waals surface area contributed by atoms with Gasteiger partial charge in [0.1, 0.15) is 0 Å². The summed E-state index contributed by atoms with van der Waals surface area (Å²) in [7, 11) is 1.93. The molecule has 0 spiro atoms. The van der Waals surface area contributed by atoms with Crippen molar-refractivity contribution >= 4 is 5.96 Å². The van der Waals surface area contributed by atoms with Gasteiger partial charge in [0, 0.05) is 32.1 Å². The molecule has 2 aromatic heterocycles. The molecule has 2 aromatic rings. The van der Waals surface area contributed by atoms with E-state index in [0.29, 0.717) is 25.6 Å². The summed E-state index contributed by atoms with van der Waals surface area (Å²) < 4.78 is 7.33. The van der Waals surface area contributed by atoms with Gasteiger partial charge in [0.05, 0.1) is 25.4 Å². The summed E-state index contributed by atoms with van der Waals surface area (Å²) in [5.74, 6) is 1.43. The van der Waals surface area contributed by atoms with Crippen LogP contribution in [0.3, 0.4) is 0 Å². The summed E-state index contributed by atoms with van der Waals surface area (Å²) in [6.07, 6.45) is 4.57. The first-order chi connectivity index (χ1) is 11.7. The number of nitrogens with one attached hydrogen (secondary N) is 2. The maximum Gasteiger partial charge on any atom is 0.213 e. The molecule has 0 unspecified atom stereocenters. The molecule has 0 radical (unpaired) electrons. The number of hydrogen-bond acceptors (Lipinski definition) is 4. The lowest BCUT2D eigenvalue weighted by molar-refractivity contribution is 0.305. The predicted octanol–water partition coefficient (Wildman–Crippen LogP) is 1.86. The second kappa shape index (κ2) is 9.54. The van der Waals surface area contributed by atoms with Crippen molar-refractivity contribution in [3.63, 3.8) is 0 Å². The Bertz CT molecular complexity index is 635. The van der Waals surface area contributed by atoms with Crippen molar-refractivity contribution in [3.8, 4) is 5.88 Å². The monoisotopic (exact) mass is 330 g/mol. The molecule has 130 valence electrons. The number of aryl methyl sites for hydroxylation is 1. The Hall–Kier alpha value is -2.57. The van der Waals surface area contributed by atoms with Crippen LogP contribution in [-0.2, 0) is 20.1 Å². The van der Waals surface area contributed by atoms with E-state index in [0.717, 1.165) is 30.2 Å². The van der Waals surface area contributed by atoms with Crippen LogP contribution in [0, 0.1) is 0 Å². The molecule has 0 aliphatic heterocycles. The topological polar surface area (TPSA) is 76.4 Å². The van der Waals surface area contributed by atoms with Gasteiger partial charge in [-0.25, -0.2) is 9.98 Å². The van der Waals surface area contributed by atoms with Gasteiger partial charge in [-0.05, 0) is 25.0 Å². The van der Waals surface area contributed by atoms with Crippen molar-refractivity contribution in [2.24, 2.45) is 12.0 Å². The van der Waals surface area contributed by atoms with E-state index in [4.69, 9.17) is 4.74 Å². The molecule has 0 fully saturated rings. The van der Waals surface area contributed by atoms with Gasteiger partial charge in [0.25, 0.3) is 0 Å². The summed E-state index contributed by atoms with van der Waals surface area (Å²) in [6, 6.07) is 5.86. The summed E-state index contributed by atoms with van der Waals surface area (Å²) in [5.41, 5.74) is 2.14. The van der Waals surface area contributed by atoms with E-state index >= 15 is 0 Å². The Morgan fingerprint density at radius 2 is 2.12 bits per heavy atom. The van der Waals surface area contributed by atoms with E-state index in [9.17, 15) is 0 Å². The molecule has 7 nitrogen and oxygen atoms in total. The third-order valence-corrected chi connectivity index (χ3v) is 3.38. The van der Waals surface area contributed by atoms with Crippen LogP contribution < -0.4 is 15.4 Å². The maximum atomic E-state index is 5.49. The van der Waals surface area contributed by atoms with Crippen LogP contribution in [-0.4, -0.2) is 33.9 Å². The molecule has 2 heterocycles. The van der Waals surface area contributed by atoms with Crippen LogP contribution >= 0.6 is 0 Å². The summed E-state index contributed by atoms with van der Waals surface area (Å²) in [6.45, 7) is 6.84. The first kappa shape index (κ1) is 17.8. The zero-order valence-electron chi connectivity index (χ0n) is 14.6. The number of nitrogens with zero attached hydrogens (tertiary/aromatic N) is 4. The number of pyridine rings is 1. The van der Waals surface area contributed by atoms with Crippen LogP contribution in [0.25, 0.3) is 0 Å². The molecular formula is C17H26N6O. The van der Waals surface area contributed by atoms with Crippen LogP contribution in [0.15, 0.2) is 35.6 Å². The normalized spacial score (nSPS) is 11.4. The second-order valence-electron chi connectivity index (χ2n) is 5.35. The predicted molar refractivity (Wildman–Crippen MR) is 94.9 cm³/mol. The minimum atomic E-state index is 0.557. The van der Waals surface area contributed by atoms with Crippen LogP contribution in [0.2, 0.25) is 0 Å². The molecule has 0 aliphatic carbocycles. The fourth-order valence-corrected chi connectivity index (χ4v) is 2.06. The van der Waals surface area contributed by atoms with E-state index in [2.05, 4.69) is 32.6 Å². The van der Waals surface area contributed by atoms with Crippen molar-refractivity contribution in [2.75, 3.05) is 13.2 Å². The van der Waals surface area contributed by atoms with Gasteiger partial charge in [-0.3, -0.25) is 4.68 Å². The van der Waals surface area contributed by atoms with E-state index < -0.39 is 0 Å². The fraction of sp³-hybridized carbons (Fsp3) is 0.471. The Balaban J connectivity index is 1.91. The largest absolute Gasteiger partial charge is 0.478 e. The molecule has 7 heteroatoms. The Labute approximate surface area is 143 Å². The lowest BCUT2D eigenvalue weighted by atomic mass is 10.3. The molecule has 0 bridgehead atoms. The van der Waals surface area contributed by atoms with Crippen LogP contribution in [0.1, 0.15) is 31.5 Å². The minimum Gasteiger partial charge on any atom is -0.478 e. The average Bonchev–Trinajstić information content (AvgIpc) is 3.01. The number of guanidine groups is 1. The number of rotatable bonds is 8. The number of aromatic nitrogens is 3. The number of aliphatic imine (C=N–C) groups is 1. The molecule has 0 amide bonds. The molecule has 0 aliphatic rings. The van der Waals surface area contributed by atoms with Crippen molar-refractivity contribution in [3.05, 3.63) is 41.9 Å². The zero-order chi connectivity index (χ0) is 17.2. The highest BCUT2D eigenvalue weighted by atomic mass is 16.5. The Morgan fingerprint density at radius 1 is 1.25 bits per heavy atom. The molecule has 0 atom stereocenters. The van der Waals surface area contributed by atoms with Crippen molar-refractivity contribution in [1.82, 2.24) is 25.4 Å². The highest BCUT2D eigenvalue weighted by Crippen LogP contribution is 2.08. The number of hydrogen-bond donors (Lipinski definition) is 2. The molecular weight excluding hydrogens is 304 g/mol. The first-order valence-corrected chi connectivity index (χ1v) is 8.29. The van der Waals surface area contributed by atoms with E-state index in [-0.39, 0.29) is 0 Å². The molecule has 0 saturated heterocycles. The van der Waals surface area contributed by atoms with E-state index in [1.54, 1.807) is 12.4 Å². The quantitative estimate of drug-likeness (QED) is 0.571. The van der Waals surface area contributed by atoms with Gasteiger partial charge < -0.3 is 15.4 Å². The summed E-state index contributed by atoms with van der Waals surface area (Å²) >= 11 is 0. The molecule has 2 N–H and O–H groups in total. The van der Waals surface area contributed by atoms with Gasteiger partial charge in [-0.1, -0.05) is 13.0 Å². The molecule has 0 saturated carbocycles. The van der Waals surface area contributed by atoms with Crippen molar-refractivity contribution in [1.29, 1.82) is 0 Å². The number of ether oxygens (including phenoxy) is 1. The Morgan fingerprint density at radius 3 is 2.75 bits per heavy atom. The first-order valence-electron chi connectivity index (χ1n) is 8.29. The van der Waals surface area contributed by atoms with Gasteiger partial charge in [0.15, 0.2) is 5.96 Å². The van der Waals surface area contributed by atoms with E-state index in [1.165, 1.54) is 0 Å². The fourth-order valence-electron chi connectivity index (χ4n) is 2.06. The van der Waals surface area contributed by atoms with Gasteiger partial charge in [0.2, 0.25) is 5.88 Å². The van der Waals surface area contributed by atoms with Gasteiger partial charge in [-0.2, -0.15) is 5.10 Å². The Kier molecular flexibility index (Phi) is 7.07.